The maximum atomic E-state index is 5.68. The summed E-state index contributed by atoms with van der Waals surface area (Å²) in [6, 6.07) is 0. The van der Waals surface area contributed by atoms with Crippen LogP contribution >= 0.6 is 0 Å². The van der Waals surface area contributed by atoms with Crippen LogP contribution in [0.4, 0.5) is 0 Å². The molecule has 1 radical (unpaired) electrons. The highest BCUT2D eigenvalue weighted by Crippen LogP contribution is 2.19. The normalized spacial score (nSPS) is 13.8. The quantitative estimate of drug-likeness (QED) is 0.632. The molecule has 0 atom stereocenters. The summed E-state index contributed by atoms with van der Waals surface area (Å²) in [6.07, 6.45) is 0.425. The van der Waals surface area contributed by atoms with Crippen LogP contribution in [0.5, 0.6) is 0 Å². The molecule has 13 heavy (non-hydrogen) atoms. The summed E-state index contributed by atoms with van der Waals surface area (Å²) in [6.45, 7) is 15.9. The monoisotopic (exact) mass is 187 g/mol. The predicted molar refractivity (Wildman–Crippen MR) is 55.4 cm³/mol. The average Bonchev–Trinajstić information content (AvgIpc) is 1.79. The highest BCUT2D eigenvalue weighted by molar-refractivity contribution is 4.66. The molecule has 0 saturated carbocycles. The average molecular weight is 187 g/mol. The van der Waals surface area contributed by atoms with Gasteiger partial charge < -0.3 is 9.47 Å². The summed E-state index contributed by atoms with van der Waals surface area (Å²) in [5, 5.41) is 0. The van der Waals surface area contributed by atoms with Crippen LogP contribution in [0.15, 0.2) is 0 Å². The van der Waals surface area contributed by atoms with E-state index in [1.807, 2.05) is 41.5 Å². The van der Waals surface area contributed by atoms with Crippen molar-refractivity contribution < 1.29 is 9.47 Å². The van der Waals surface area contributed by atoms with Gasteiger partial charge in [0, 0.05) is 0 Å². The van der Waals surface area contributed by atoms with Crippen molar-refractivity contribution in [3.63, 3.8) is 0 Å². The van der Waals surface area contributed by atoms with Crippen molar-refractivity contribution >= 4 is 0 Å². The smallest absolute Gasteiger partial charge is 0.158 e. The first-order valence-electron chi connectivity index (χ1n) is 4.79. The zero-order valence-corrected chi connectivity index (χ0v) is 9.81. The molecule has 2 heteroatoms. The van der Waals surface area contributed by atoms with E-state index in [9.17, 15) is 0 Å². The van der Waals surface area contributed by atoms with Gasteiger partial charge in [-0.25, -0.2) is 0 Å². The fraction of sp³-hybridized carbons (Fsp3) is 0.909. The van der Waals surface area contributed by atoms with Gasteiger partial charge in [-0.2, -0.15) is 0 Å². The number of hydrogen-bond acceptors (Lipinski definition) is 2. The van der Waals surface area contributed by atoms with E-state index in [4.69, 9.17) is 9.47 Å². The minimum absolute atomic E-state index is 0.173. The number of ether oxygens (including phenoxy) is 2. The lowest BCUT2D eigenvalue weighted by molar-refractivity contribution is -0.231. The molecule has 0 aliphatic rings. The van der Waals surface area contributed by atoms with E-state index in [-0.39, 0.29) is 17.5 Å². The lowest BCUT2D eigenvalue weighted by atomic mass is 10.2. The molecule has 0 fully saturated rings. The Labute approximate surface area is 82.6 Å². The third-order valence-electron chi connectivity index (χ3n) is 1.21. The van der Waals surface area contributed by atoms with Crippen molar-refractivity contribution in [2.75, 3.05) is 0 Å². The van der Waals surface area contributed by atoms with Gasteiger partial charge in [0.1, 0.15) is 0 Å². The minimum atomic E-state index is -0.208. The summed E-state index contributed by atoms with van der Waals surface area (Å²) in [5.74, 6) is 0. The second kappa shape index (κ2) is 4.43. The van der Waals surface area contributed by atoms with Crippen LogP contribution in [0, 0.1) is 6.92 Å². The molecule has 0 amide bonds. The summed E-state index contributed by atoms with van der Waals surface area (Å²) in [5.41, 5.74) is -0.346. The molecule has 0 spiro atoms. The molecule has 0 heterocycles. The maximum Gasteiger partial charge on any atom is 0.158 e. The molecular formula is C11H23O2. The number of hydrogen-bond donors (Lipinski definition) is 0. The topological polar surface area (TPSA) is 18.5 Å². The van der Waals surface area contributed by atoms with Crippen LogP contribution in [0.3, 0.4) is 0 Å². The van der Waals surface area contributed by atoms with Crippen LogP contribution in [-0.4, -0.2) is 17.5 Å². The van der Waals surface area contributed by atoms with Crippen molar-refractivity contribution in [2.45, 2.75) is 65.5 Å². The Morgan fingerprint density at radius 3 is 1.38 bits per heavy atom. The van der Waals surface area contributed by atoms with Crippen LogP contribution in [0.1, 0.15) is 48.0 Å². The molecule has 0 aliphatic carbocycles. The van der Waals surface area contributed by atoms with Gasteiger partial charge in [-0.1, -0.05) is 0 Å². The SMILES string of the molecule is [CH2]CC(OC(C)(C)C)OC(C)(C)C. The van der Waals surface area contributed by atoms with Crippen LogP contribution in [0.2, 0.25) is 0 Å². The first kappa shape index (κ1) is 12.9. The van der Waals surface area contributed by atoms with Gasteiger partial charge in [0.15, 0.2) is 6.29 Å². The Bertz CT molecular complexity index is 123. The first-order chi connectivity index (χ1) is 5.64. The molecule has 0 bridgehead atoms. The summed E-state index contributed by atoms with van der Waals surface area (Å²) >= 11 is 0. The molecule has 0 aliphatic heterocycles. The fourth-order valence-electron chi connectivity index (χ4n) is 0.931. The summed E-state index contributed by atoms with van der Waals surface area (Å²) in [7, 11) is 0. The van der Waals surface area contributed by atoms with E-state index in [0.29, 0.717) is 6.42 Å². The Hall–Kier alpha value is -0.0800. The van der Waals surface area contributed by atoms with Crippen molar-refractivity contribution in [1.29, 1.82) is 0 Å². The van der Waals surface area contributed by atoms with Crippen LogP contribution in [0.25, 0.3) is 0 Å². The predicted octanol–water partition coefficient (Wildman–Crippen LogP) is 3.17. The molecule has 0 unspecified atom stereocenters. The van der Waals surface area contributed by atoms with E-state index in [2.05, 4.69) is 6.92 Å². The molecule has 2 nitrogen and oxygen atoms in total. The van der Waals surface area contributed by atoms with E-state index in [1.165, 1.54) is 0 Å². The Morgan fingerprint density at radius 1 is 0.923 bits per heavy atom. The van der Waals surface area contributed by atoms with Gasteiger partial charge in [0.25, 0.3) is 0 Å². The van der Waals surface area contributed by atoms with Crippen LogP contribution < -0.4 is 0 Å². The van der Waals surface area contributed by atoms with Gasteiger partial charge >= 0.3 is 0 Å². The zero-order valence-electron chi connectivity index (χ0n) is 9.81. The fourth-order valence-corrected chi connectivity index (χ4v) is 0.931. The first-order valence-corrected chi connectivity index (χ1v) is 4.79. The van der Waals surface area contributed by atoms with Crippen molar-refractivity contribution in [1.82, 2.24) is 0 Å². The highest BCUT2D eigenvalue weighted by atomic mass is 16.7. The van der Waals surface area contributed by atoms with Gasteiger partial charge in [-0.15, -0.1) is 0 Å². The third kappa shape index (κ3) is 8.26. The number of rotatable bonds is 3. The van der Waals surface area contributed by atoms with E-state index in [1.54, 1.807) is 0 Å². The molecular weight excluding hydrogens is 164 g/mol. The maximum absolute atomic E-state index is 5.68. The zero-order chi connectivity index (χ0) is 10.7. The second-order valence-electron chi connectivity index (χ2n) is 5.18. The Balaban J connectivity index is 4.05. The lowest BCUT2D eigenvalue weighted by Gasteiger charge is -2.31. The van der Waals surface area contributed by atoms with Gasteiger partial charge in [-0.05, 0) is 54.9 Å². The Morgan fingerprint density at radius 2 is 1.23 bits per heavy atom. The molecule has 0 N–H and O–H groups in total. The molecule has 0 aromatic rings. The highest BCUT2D eigenvalue weighted by Gasteiger charge is 2.22. The van der Waals surface area contributed by atoms with Gasteiger partial charge in [0.2, 0.25) is 0 Å². The standard InChI is InChI=1S/C11H23O2/c1-8-9(12-10(2,3)4)13-11(5,6)7/h9H,1,8H2,2-7H3. The van der Waals surface area contributed by atoms with Gasteiger partial charge in [0.05, 0.1) is 11.2 Å². The summed E-state index contributed by atoms with van der Waals surface area (Å²) < 4.78 is 11.4. The summed E-state index contributed by atoms with van der Waals surface area (Å²) in [4.78, 5) is 0. The molecule has 79 valence electrons. The van der Waals surface area contributed by atoms with Crippen LogP contribution in [-0.2, 0) is 9.47 Å². The molecule has 0 aromatic heterocycles. The van der Waals surface area contributed by atoms with E-state index in [0.717, 1.165) is 0 Å². The van der Waals surface area contributed by atoms with Crippen molar-refractivity contribution in [3.8, 4) is 0 Å². The largest absolute Gasteiger partial charge is 0.347 e. The van der Waals surface area contributed by atoms with E-state index >= 15 is 0 Å². The van der Waals surface area contributed by atoms with Crippen molar-refractivity contribution in [2.24, 2.45) is 0 Å². The molecule has 0 saturated heterocycles. The third-order valence-corrected chi connectivity index (χ3v) is 1.21. The van der Waals surface area contributed by atoms with Gasteiger partial charge in [-0.3, -0.25) is 0 Å². The lowest BCUT2D eigenvalue weighted by Crippen LogP contribution is -2.34. The molecule has 0 aromatic carbocycles. The second-order valence-corrected chi connectivity index (χ2v) is 5.18. The minimum Gasteiger partial charge on any atom is -0.347 e. The van der Waals surface area contributed by atoms with E-state index < -0.39 is 0 Å². The Kier molecular flexibility index (Phi) is 4.40. The van der Waals surface area contributed by atoms with Crippen molar-refractivity contribution in [3.05, 3.63) is 6.92 Å². The molecule has 0 rings (SSSR count).